The molecular formula is C25H20FNO2. The lowest BCUT2D eigenvalue weighted by Crippen LogP contribution is -2.32. The van der Waals surface area contributed by atoms with Gasteiger partial charge in [-0.1, -0.05) is 72.8 Å². The second kappa shape index (κ2) is 8.57. The van der Waals surface area contributed by atoms with E-state index in [4.69, 9.17) is 4.74 Å². The molecule has 0 atom stereocenters. The maximum atomic E-state index is 13.5. The predicted molar refractivity (Wildman–Crippen MR) is 114 cm³/mol. The lowest BCUT2D eigenvalue weighted by Gasteiger charge is -2.25. The molecule has 0 unspecified atom stereocenters. The molecule has 0 bridgehead atoms. The van der Waals surface area contributed by atoms with Gasteiger partial charge in [0.2, 0.25) is 0 Å². The molecule has 0 radical (unpaired) electrons. The molecule has 0 aliphatic heterocycles. The van der Waals surface area contributed by atoms with Crippen LogP contribution in [-0.2, 0) is 11.3 Å². The Hall–Kier alpha value is -3.66. The van der Waals surface area contributed by atoms with E-state index in [1.807, 2.05) is 84.9 Å². The Kier molecular flexibility index (Phi) is 5.52. The molecule has 0 aromatic heterocycles. The molecule has 0 fully saturated rings. The molecule has 4 rings (SSSR count). The van der Waals surface area contributed by atoms with Crippen LogP contribution in [0.1, 0.15) is 5.56 Å². The highest BCUT2D eigenvalue weighted by atomic mass is 19.1. The smallest absolute Gasteiger partial charge is 0.258 e. The number of carbonyl (C=O) groups is 1. The highest BCUT2D eigenvalue weighted by molar-refractivity contribution is 5.96. The van der Waals surface area contributed by atoms with E-state index >= 15 is 0 Å². The third-order valence-electron chi connectivity index (χ3n) is 4.75. The molecule has 1 amide bonds. The molecule has 4 aromatic carbocycles. The Morgan fingerprint density at radius 1 is 0.793 bits per heavy atom. The van der Waals surface area contributed by atoms with E-state index in [0.29, 0.717) is 17.2 Å². The van der Waals surface area contributed by atoms with E-state index in [1.54, 1.807) is 12.1 Å². The van der Waals surface area contributed by atoms with Gasteiger partial charge < -0.3 is 9.64 Å². The number of amides is 1. The van der Waals surface area contributed by atoms with Crippen molar-refractivity contribution in [2.45, 2.75) is 6.54 Å². The lowest BCUT2D eigenvalue weighted by atomic mass is 10.0. The molecular weight excluding hydrogens is 365 g/mol. The molecule has 0 heterocycles. The number of hydrogen-bond acceptors (Lipinski definition) is 2. The number of fused-ring (bicyclic) bond motifs is 1. The van der Waals surface area contributed by atoms with Crippen molar-refractivity contribution >= 4 is 22.4 Å². The topological polar surface area (TPSA) is 29.5 Å². The third-order valence-corrected chi connectivity index (χ3v) is 4.75. The van der Waals surface area contributed by atoms with Crippen molar-refractivity contribution in [3.8, 4) is 11.5 Å². The highest BCUT2D eigenvalue weighted by Crippen LogP contribution is 2.34. The number of carbonyl (C=O) groups excluding carboxylic acids is 1. The predicted octanol–water partition coefficient (Wildman–Crippen LogP) is 6.13. The number of ether oxygens (including phenoxy) is 1. The van der Waals surface area contributed by atoms with Crippen molar-refractivity contribution in [3.63, 3.8) is 0 Å². The van der Waals surface area contributed by atoms with Crippen molar-refractivity contribution in [1.82, 2.24) is 0 Å². The Balaban J connectivity index is 1.74. The number of benzene rings is 4. The fourth-order valence-electron chi connectivity index (χ4n) is 3.36. The summed E-state index contributed by atoms with van der Waals surface area (Å²) >= 11 is 0. The standard InChI is InChI=1S/C25H20FNO2/c26-17-25(28)27(18-20-11-8-10-19-9-4-5-14-22(19)20)23-15-6-7-16-24(23)29-21-12-2-1-3-13-21/h1-16H,17-18H2. The largest absolute Gasteiger partial charge is 0.455 e. The minimum absolute atomic E-state index is 0.249. The monoisotopic (exact) mass is 385 g/mol. The summed E-state index contributed by atoms with van der Waals surface area (Å²) in [6.45, 7) is -0.830. The number of halogens is 1. The SMILES string of the molecule is O=C(CF)N(Cc1cccc2ccccc12)c1ccccc1Oc1ccccc1. The first-order valence-corrected chi connectivity index (χ1v) is 9.41. The zero-order valence-corrected chi connectivity index (χ0v) is 15.8. The maximum absolute atomic E-state index is 13.5. The van der Waals surface area contributed by atoms with Gasteiger partial charge in [-0.2, -0.15) is 0 Å². The molecule has 144 valence electrons. The van der Waals surface area contributed by atoms with Gasteiger partial charge in [0.15, 0.2) is 12.4 Å². The van der Waals surface area contributed by atoms with E-state index in [1.165, 1.54) is 4.90 Å². The van der Waals surface area contributed by atoms with Crippen LogP contribution < -0.4 is 9.64 Å². The van der Waals surface area contributed by atoms with Crippen molar-refractivity contribution < 1.29 is 13.9 Å². The summed E-state index contributed by atoms with van der Waals surface area (Å²) in [4.78, 5) is 14.0. The summed E-state index contributed by atoms with van der Waals surface area (Å²) < 4.78 is 19.5. The van der Waals surface area contributed by atoms with E-state index in [-0.39, 0.29) is 6.54 Å². The lowest BCUT2D eigenvalue weighted by molar-refractivity contribution is -0.119. The number of nitrogens with zero attached hydrogens (tertiary/aromatic N) is 1. The quantitative estimate of drug-likeness (QED) is 0.399. The Labute approximate surface area is 169 Å². The van der Waals surface area contributed by atoms with E-state index in [2.05, 4.69) is 0 Å². The van der Waals surface area contributed by atoms with Crippen molar-refractivity contribution in [2.75, 3.05) is 11.6 Å². The first kappa shape index (κ1) is 18.7. The van der Waals surface area contributed by atoms with Crippen LogP contribution in [0.3, 0.4) is 0 Å². The summed E-state index contributed by atoms with van der Waals surface area (Å²) in [7, 11) is 0. The minimum Gasteiger partial charge on any atom is -0.455 e. The number of alkyl halides is 1. The van der Waals surface area contributed by atoms with E-state index < -0.39 is 12.6 Å². The Morgan fingerprint density at radius 3 is 2.31 bits per heavy atom. The number of rotatable bonds is 6. The van der Waals surface area contributed by atoms with Crippen LogP contribution >= 0.6 is 0 Å². The van der Waals surface area contributed by atoms with E-state index in [0.717, 1.165) is 16.3 Å². The van der Waals surface area contributed by atoms with Gasteiger partial charge in [-0.15, -0.1) is 0 Å². The molecule has 0 spiro atoms. The van der Waals surface area contributed by atoms with Crippen molar-refractivity contribution in [3.05, 3.63) is 103 Å². The Morgan fingerprint density at radius 2 is 1.48 bits per heavy atom. The highest BCUT2D eigenvalue weighted by Gasteiger charge is 2.21. The van der Waals surface area contributed by atoms with Crippen LogP contribution in [-0.4, -0.2) is 12.6 Å². The van der Waals surface area contributed by atoms with Crippen LogP contribution in [0.5, 0.6) is 11.5 Å². The van der Waals surface area contributed by atoms with Crippen LogP contribution in [0.15, 0.2) is 97.1 Å². The van der Waals surface area contributed by atoms with Crippen LogP contribution in [0.25, 0.3) is 10.8 Å². The summed E-state index contributed by atoms with van der Waals surface area (Å²) in [5.74, 6) is 0.542. The molecule has 0 saturated carbocycles. The summed E-state index contributed by atoms with van der Waals surface area (Å²) in [5, 5.41) is 2.11. The van der Waals surface area contributed by atoms with Crippen molar-refractivity contribution in [2.24, 2.45) is 0 Å². The van der Waals surface area contributed by atoms with Crippen LogP contribution in [0.4, 0.5) is 10.1 Å². The molecule has 0 saturated heterocycles. The number of hydrogen-bond donors (Lipinski definition) is 0. The van der Waals surface area contributed by atoms with Gasteiger partial charge in [0.05, 0.1) is 12.2 Å². The van der Waals surface area contributed by atoms with Gasteiger partial charge in [0.1, 0.15) is 5.75 Å². The van der Waals surface area contributed by atoms with Crippen molar-refractivity contribution in [1.29, 1.82) is 0 Å². The minimum atomic E-state index is -1.08. The second-order valence-electron chi connectivity index (χ2n) is 6.63. The fourth-order valence-corrected chi connectivity index (χ4v) is 3.36. The van der Waals surface area contributed by atoms with Gasteiger partial charge >= 0.3 is 0 Å². The summed E-state index contributed by atoms with van der Waals surface area (Å²) in [6, 6.07) is 30.4. The summed E-state index contributed by atoms with van der Waals surface area (Å²) in [6.07, 6.45) is 0. The number of para-hydroxylation sites is 3. The molecule has 0 N–H and O–H groups in total. The third kappa shape index (κ3) is 4.11. The first-order valence-electron chi connectivity index (χ1n) is 9.41. The van der Waals surface area contributed by atoms with Gasteiger partial charge in [0.25, 0.3) is 5.91 Å². The van der Waals surface area contributed by atoms with Gasteiger partial charge in [-0.05, 0) is 40.6 Å². The molecule has 3 nitrogen and oxygen atoms in total. The zero-order valence-electron chi connectivity index (χ0n) is 15.8. The molecule has 4 heteroatoms. The number of anilines is 1. The average Bonchev–Trinajstić information content (AvgIpc) is 2.78. The molecule has 29 heavy (non-hydrogen) atoms. The molecule has 0 aliphatic rings. The molecule has 4 aromatic rings. The average molecular weight is 385 g/mol. The Bertz CT molecular complexity index is 1120. The first-order chi connectivity index (χ1) is 14.3. The van der Waals surface area contributed by atoms with Gasteiger partial charge in [-0.3, -0.25) is 4.79 Å². The normalized spacial score (nSPS) is 10.7. The van der Waals surface area contributed by atoms with E-state index in [9.17, 15) is 9.18 Å². The molecule has 0 aliphatic carbocycles. The summed E-state index contributed by atoms with van der Waals surface area (Å²) in [5.41, 5.74) is 1.48. The zero-order chi connectivity index (χ0) is 20.1. The van der Waals surface area contributed by atoms with Gasteiger partial charge in [-0.25, -0.2) is 4.39 Å². The van der Waals surface area contributed by atoms with Gasteiger partial charge in [0, 0.05) is 0 Å². The van der Waals surface area contributed by atoms with Crippen LogP contribution in [0.2, 0.25) is 0 Å². The second-order valence-corrected chi connectivity index (χ2v) is 6.63. The fraction of sp³-hybridized carbons (Fsp3) is 0.0800. The maximum Gasteiger partial charge on any atom is 0.258 e. The van der Waals surface area contributed by atoms with Crippen LogP contribution in [0, 0.1) is 0 Å².